The van der Waals surface area contributed by atoms with Crippen molar-refractivity contribution in [3.05, 3.63) is 0 Å². The van der Waals surface area contributed by atoms with E-state index in [2.05, 4.69) is 0 Å². The van der Waals surface area contributed by atoms with Crippen molar-refractivity contribution in [3.8, 4) is 0 Å². The van der Waals surface area contributed by atoms with Crippen LogP contribution in [0.3, 0.4) is 0 Å². The lowest BCUT2D eigenvalue weighted by Crippen LogP contribution is -2.39. The number of alkyl halides is 6. The molecule has 0 amide bonds. The zero-order chi connectivity index (χ0) is 9.99. The van der Waals surface area contributed by atoms with Gasteiger partial charge in [0.05, 0.1) is 6.10 Å². The number of rotatable bonds is 3. The van der Waals surface area contributed by atoms with Crippen LogP contribution in [0, 0.1) is 0 Å². The van der Waals surface area contributed by atoms with Crippen LogP contribution in [0.25, 0.3) is 0 Å². The van der Waals surface area contributed by atoms with Crippen molar-refractivity contribution in [1.29, 1.82) is 0 Å². The van der Waals surface area contributed by atoms with E-state index in [1.807, 2.05) is 0 Å². The van der Waals surface area contributed by atoms with Crippen molar-refractivity contribution in [2.45, 2.75) is 24.6 Å². The van der Waals surface area contributed by atoms with E-state index in [0.717, 1.165) is 0 Å². The first-order valence-corrected chi connectivity index (χ1v) is 2.89. The SMILES string of the molecule is OC(CF)CC(F)(F)C(F)(F)F. The Kier molecular flexibility index (Phi) is 3.37. The van der Waals surface area contributed by atoms with Crippen LogP contribution in [0.2, 0.25) is 0 Å². The molecule has 0 aliphatic rings. The van der Waals surface area contributed by atoms with Gasteiger partial charge in [-0.15, -0.1) is 0 Å². The Morgan fingerprint density at radius 3 is 1.75 bits per heavy atom. The first kappa shape index (κ1) is 11.5. The van der Waals surface area contributed by atoms with Crippen LogP contribution in [0.15, 0.2) is 0 Å². The maximum absolute atomic E-state index is 11.9. The second-order valence-corrected chi connectivity index (χ2v) is 2.21. The highest BCUT2D eigenvalue weighted by Crippen LogP contribution is 2.38. The second kappa shape index (κ2) is 3.51. The number of hydrogen-bond acceptors (Lipinski definition) is 1. The van der Waals surface area contributed by atoms with Gasteiger partial charge in [-0.2, -0.15) is 22.0 Å². The smallest absolute Gasteiger partial charge is 0.390 e. The molecule has 74 valence electrons. The van der Waals surface area contributed by atoms with Crippen molar-refractivity contribution in [3.63, 3.8) is 0 Å². The summed E-state index contributed by atoms with van der Waals surface area (Å²) in [6, 6.07) is 0. The molecule has 0 aromatic rings. The summed E-state index contributed by atoms with van der Waals surface area (Å²) in [4.78, 5) is 0. The van der Waals surface area contributed by atoms with E-state index in [1.54, 1.807) is 0 Å². The molecule has 0 bridgehead atoms. The topological polar surface area (TPSA) is 20.2 Å². The summed E-state index contributed by atoms with van der Waals surface area (Å²) in [6.07, 6.45) is -9.95. The molecule has 0 radical (unpaired) electrons. The summed E-state index contributed by atoms with van der Waals surface area (Å²) in [5, 5.41) is 8.20. The van der Waals surface area contributed by atoms with E-state index in [1.165, 1.54) is 0 Å². The summed E-state index contributed by atoms with van der Waals surface area (Å²) < 4.78 is 69.2. The van der Waals surface area contributed by atoms with Crippen molar-refractivity contribution in [2.75, 3.05) is 6.67 Å². The largest absolute Gasteiger partial charge is 0.453 e. The van der Waals surface area contributed by atoms with Crippen molar-refractivity contribution < 1.29 is 31.4 Å². The van der Waals surface area contributed by atoms with Crippen molar-refractivity contribution >= 4 is 0 Å². The standard InChI is InChI=1S/C5H6F6O/c6-2-3(12)1-4(7,8)5(9,10)11/h3,12H,1-2H2. The van der Waals surface area contributed by atoms with Crippen LogP contribution in [0.1, 0.15) is 6.42 Å². The number of aliphatic hydroxyl groups excluding tert-OH is 1. The lowest BCUT2D eigenvalue weighted by atomic mass is 10.1. The first-order valence-electron chi connectivity index (χ1n) is 2.89. The molecule has 0 heterocycles. The molecule has 0 saturated carbocycles. The lowest BCUT2D eigenvalue weighted by molar-refractivity contribution is -0.290. The molecule has 1 N–H and O–H groups in total. The Bertz CT molecular complexity index is 141. The van der Waals surface area contributed by atoms with Gasteiger partial charge in [0.15, 0.2) is 0 Å². The number of aliphatic hydroxyl groups is 1. The second-order valence-electron chi connectivity index (χ2n) is 2.21. The molecule has 7 heteroatoms. The molecule has 0 aromatic carbocycles. The maximum Gasteiger partial charge on any atom is 0.453 e. The van der Waals surface area contributed by atoms with Crippen molar-refractivity contribution in [2.24, 2.45) is 0 Å². The van der Waals surface area contributed by atoms with Gasteiger partial charge in [-0.1, -0.05) is 0 Å². The highest BCUT2D eigenvalue weighted by atomic mass is 19.4. The molecule has 0 rings (SSSR count). The molecular formula is C5H6F6O. The van der Waals surface area contributed by atoms with Gasteiger partial charge in [-0.25, -0.2) is 4.39 Å². The summed E-state index contributed by atoms with van der Waals surface area (Å²) in [6.45, 7) is -1.62. The lowest BCUT2D eigenvalue weighted by Gasteiger charge is -2.20. The average molecular weight is 196 g/mol. The normalized spacial score (nSPS) is 16.2. The molecule has 12 heavy (non-hydrogen) atoms. The fourth-order valence-electron chi connectivity index (χ4n) is 0.466. The minimum absolute atomic E-state index is 1.62. The van der Waals surface area contributed by atoms with E-state index in [-0.39, 0.29) is 0 Å². The van der Waals surface area contributed by atoms with Crippen LogP contribution >= 0.6 is 0 Å². The third kappa shape index (κ3) is 2.88. The van der Waals surface area contributed by atoms with Crippen LogP contribution < -0.4 is 0 Å². The van der Waals surface area contributed by atoms with E-state index in [4.69, 9.17) is 5.11 Å². The fraction of sp³-hybridized carbons (Fsp3) is 1.00. The van der Waals surface area contributed by atoms with Gasteiger partial charge in [0.1, 0.15) is 6.67 Å². The summed E-state index contributed by atoms with van der Waals surface area (Å²) in [5.74, 6) is -5.03. The van der Waals surface area contributed by atoms with Crippen molar-refractivity contribution in [1.82, 2.24) is 0 Å². The Morgan fingerprint density at radius 1 is 1.08 bits per heavy atom. The van der Waals surface area contributed by atoms with E-state index >= 15 is 0 Å². The Balaban J connectivity index is 4.22. The molecule has 1 atom stereocenters. The average Bonchev–Trinajstić information content (AvgIpc) is 1.84. The minimum atomic E-state index is -5.73. The van der Waals surface area contributed by atoms with Gasteiger partial charge in [0.25, 0.3) is 0 Å². The number of hydrogen-bond donors (Lipinski definition) is 1. The highest BCUT2D eigenvalue weighted by molar-refractivity contribution is 4.78. The molecule has 0 aromatic heterocycles. The summed E-state index contributed by atoms with van der Waals surface area (Å²) >= 11 is 0. The monoisotopic (exact) mass is 196 g/mol. The minimum Gasteiger partial charge on any atom is -0.390 e. The zero-order valence-corrected chi connectivity index (χ0v) is 5.71. The van der Waals surface area contributed by atoms with E-state index in [0.29, 0.717) is 0 Å². The molecule has 1 nitrogen and oxygen atoms in total. The third-order valence-corrected chi connectivity index (χ3v) is 1.08. The molecule has 1 unspecified atom stereocenters. The molecule has 0 spiro atoms. The quantitative estimate of drug-likeness (QED) is 0.683. The highest BCUT2D eigenvalue weighted by Gasteiger charge is 2.57. The summed E-state index contributed by atoms with van der Waals surface area (Å²) in [7, 11) is 0. The van der Waals surface area contributed by atoms with E-state index < -0.39 is 31.3 Å². The Hall–Kier alpha value is -0.460. The van der Waals surface area contributed by atoms with Gasteiger partial charge in [0, 0.05) is 6.42 Å². The number of halogens is 6. The Morgan fingerprint density at radius 2 is 1.50 bits per heavy atom. The van der Waals surface area contributed by atoms with E-state index in [9.17, 15) is 26.3 Å². The van der Waals surface area contributed by atoms with Gasteiger partial charge < -0.3 is 5.11 Å². The Labute approximate surface area is 64.0 Å². The molecule has 0 aliphatic heterocycles. The maximum atomic E-state index is 11.9. The van der Waals surface area contributed by atoms with Crippen LogP contribution in [-0.2, 0) is 0 Å². The fourth-order valence-corrected chi connectivity index (χ4v) is 0.466. The zero-order valence-electron chi connectivity index (χ0n) is 5.71. The van der Waals surface area contributed by atoms with Crippen LogP contribution in [-0.4, -0.2) is 30.0 Å². The first-order chi connectivity index (χ1) is 5.20. The van der Waals surface area contributed by atoms with Gasteiger partial charge >= 0.3 is 12.1 Å². The van der Waals surface area contributed by atoms with Gasteiger partial charge in [-0.05, 0) is 0 Å². The summed E-state index contributed by atoms with van der Waals surface area (Å²) in [5.41, 5.74) is 0. The predicted octanol–water partition coefficient (Wildman–Crippen LogP) is 1.90. The molecule has 0 aliphatic carbocycles. The van der Waals surface area contributed by atoms with Gasteiger partial charge in [0.2, 0.25) is 0 Å². The van der Waals surface area contributed by atoms with Crippen LogP contribution in [0.5, 0.6) is 0 Å². The van der Waals surface area contributed by atoms with Gasteiger partial charge in [-0.3, -0.25) is 0 Å². The predicted molar refractivity (Wildman–Crippen MR) is 27.6 cm³/mol. The third-order valence-electron chi connectivity index (χ3n) is 1.08. The molecule has 0 saturated heterocycles. The molecular weight excluding hydrogens is 190 g/mol. The van der Waals surface area contributed by atoms with Crippen LogP contribution in [0.4, 0.5) is 26.3 Å². The molecule has 0 fully saturated rings.